The zero-order valence-corrected chi connectivity index (χ0v) is 20.4. The zero-order chi connectivity index (χ0) is 25.9. The van der Waals surface area contributed by atoms with E-state index >= 15 is 0 Å². The maximum Gasteiger partial charge on any atom is 0.170 e. The molecule has 0 saturated heterocycles. The highest BCUT2D eigenvalue weighted by Gasteiger charge is 2.30. The van der Waals surface area contributed by atoms with Crippen LogP contribution in [0.3, 0.4) is 0 Å². The van der Waals surface area contributed by atoms with E-state index in [2.05, 4.69) is 0 Å². The van der Waals surface area contributed by atoms with Gasteiger partial charge >= 0.3 is 0 Å². The number of ether oxygens (including phenoxy) is 1. The van der Waals surface area contributed by atoms with Crippen molar-refractivity contribution >= 4 is 11.6 Å². The van der Waals surface area contributed by atoms with E-state index in [9.17, 15) is 35.1 Å². The van der Waals surface area contributed by atoms with Crippen LogP contribution in [0.2, 0.25) is 0 Å². The zero-order valence-electron chi connectivity index (χ0n) is 20.4. The molecular weight excluding hydrogens is 440 g/mol. The normalized spacial score (nSPS) is 10.8. The van der Waals surface area contributed by atoms with Gasteiger partial charge in [0.15, 0.2) is 11.6 Å². The van der Waals surface area contributed by atoms with E-state index in [1.54, 1.807) is 13.0 Å². The number of carbonyl (C=O) groups excluding carboxylic acids is 2. The molecule has 2 rings (SSSR count). The van der Waals surface area contributed by atoms with Crippen LogP contribution < -0.4 is 4.74 Å². The molecular formula is C26H32O8. The average Bonchev–Trinajstić information content (AvgIpc) is 2.74. The molecule has 0 aromatic heterocycles. The molecule has 2 aromatic carbocycles. The van der Waals surface area contributed by atoms with Gasteiger partial charge in [-0.25, -0.2) is 0 Å². The Bertz CT molecular complexity index is 1170. The van der Waals surface area contributed by atoms with Crippen LogP contribution in [0.5, 0.6) is 34.5 Å². The first-order chi connectivity index (χ1) is 15.9. The van der Waals surface area contributed by atoms with E-state index in [0.29, 0.717) is 6.42 Å². The number of methoxy groups -OCH3 is 1. The maximum atomic E-state index is 12.8. The summed E-state index contributed by atoms with van der Waals surface area (Å²) >= 11 is 0. The van der Waals surface area contributed by atoms with E-state index in [1.165, 1.54) is 21.0 Å². The van der Waals surface area contributed by atoms with Crippen LogP contribution in [-0.4, -0.2) is 44.2 Å². The fourth-order valence-electron chi connectivity index (χ4n) is 3.95. The van der Waals surface area contributed by atoms with Crippen molar-refractivity contribution in [2.45, 2.75) is 60.3 Å². The lowest BCUT2D eigenvalue weighted by atomic mass is 9.89. The molecule has 8 nitrogen and oxygen atoms in total. The molecule has 34 heavy (non-hydrogen) atoms. The van der Waals surface area contributed by atoms with Gasteiger partial charge in [0.05, 0.1) is 7.11 Å². The van der Waals surface area contributed by atoms with Gasteiger partial charge < -0.3 is 30.3 Å². The molecule has 0 fully saturated rings. The third-order valence-electron chi connectivity index (χ3n) is 5.73. The molecule has 5 N–H and O–H groups in total. The molecule has 0 saturated carbocycles. The Morgan fingerprint density at radius 3 is 1.88 bits per heavy atom. The first-order valence-corrected chi connectivity index (χ1v) is 11.0. The highest BCUT2D eigenvalue weighted by molar-refractivity contribution is 6.03. The number of allylic oxidation sites excluding steroid dienone is 2. The van der Waals surface area contributed by atoms with Crippen LogP contribution >= 0.6 is 0 Å². The van der Waals surface area contributed by atoms with Gasteiger partial charge in [-0.3, -0.25) is 9.59 Å². The van der Waals surface area contributed by atoms with Gasteiger partial charge in [0, 0.05) is 35.1 Å². The van der Waals surface area contributed by atoms with Crippen LogP contribution in [0, 0.1) is 6.92 Å². The number of hydrogen-bond donors (Lipinski definition) is 5. The van der Waals surface area contributed by atoms with Gasteiger partial charge in [0.25, 0.3) is 0 Å². The largest absolute Gasteiger partial charge is 0.507 e. The van der Waals surface area contributed by atoms with Gasteiger partial charge in [0.2, 0.25) is 0 Å². The number of phenolic OH excluding ortho intramolecular Hbond substituents is 5. The van der Waals surface area contributed by atoms with E-state index in [4.69, 9.17) is 4.74 Å². The maximum absolute atomic E-state index is 12.8. The van der Waals surface area contributed by atoms with Crippen LogP contribution in [0.4, 0.5) is 0 Å². The summed E-state index contributed by atoms with van der Waals surface area (Å²) in [4.78, 5) is 24.9. The summed E-state index contributed by atoms with van der Waals surface area (Å²) in [5.74, 6) is -3.61. The van der Waals surface area contributed by atoms with Crippen molar-refractivity contribution < 1.29 is 39.9 Å². The molecule has 0 heterocycles. The fourth-order valence-corrected chi connectivity index (χ4v) is 3.95. The van der Waals surface area contributed by atoms with Crippen LogP contribution in [0.15, 0.2) is 11.6 Å². The summed E-state index contributed by atoms with van der Waals surface area (Å²) in [5.41, 5.74) is 0.420. The molecule has 0 atom stereocenters. The molecule has 0 spiro atoms. The van der Waals surface area contributed by atoms with Crippen molar-refractivity contribution in [3.05, 3.63) is 45.0 Å². The summed E-state index contributed by atoms with van der Waals surface area (Å²) in [6.07, 6.45) is 2.04. The van der Waals surface area contributed by atoms with Crippen molar-refractivity contribution in [1.82, 2.24) is 0 Å². The van der Waals surface area contributed by atoms with E-state index < -0.39 is 40.3 Å². The van der Waals surface area contributed by atoms with Crippen LogP contribution in [-0.2, 0) is 12.8 Å². The first kappa shape index (κ1) is 26.6. The van der Waals surface area contributed by atoms with Crippen molar-refractivity contribution in [1.29, 1.82) is 0 Å². The molecule has 0 bridgehead atoms. The number of phenols is 5. The first-order valence-electron chi connectivity index (χ1n) is 11.0. The lowest BCUT2D eigenvalue weighted by Crippen LogP contribution is -2.07. The van der Waals surface area contributed by atoms with Gasteiger partial charge in [0.1, 0.15) is 45.6 Å². The Hall–Kier alpha value is -3.68. The Morgan fingerprint density at radius 1 is 0.824 bits per heavy atom. The van der Waals surface area contributed by atoms with E-state index in [0.717, 1.165) is 5.57 Å². The number of rotatable bonds is 9. The molecule has 2 aromatic rings. The minimum Gasteiger partial charge on any atom is -0.507 e. The molecule has 0 aliphatic heterocycles. The number of hydrogen-bond acceptors (Lipinski definition) is 8. The molecule has 0 aliphatic rings. The average molecular weight is 473 g/mol. The lowest BCUT2D eigenvalue weighted by molar-refractivity contribution is 0.0973. The second-order valence-electron chi connectivity index (χ2n) is 8.48. The highest BCUT2D eigenvalue weighted by atomic mass is 16.5. The Labute approximate surface area is 198 Å². The van der Waals surface area contributed by atoms with Crippen molar-refractivity contribution in [3.63, 3.8) is 0 Å². The molecule has 0 radical (unpaired) electrons. The number of carbonyl (C=O) groups is 2. The van der Waals surface area contributed by atoms with Gasteiger partial charge in [-0.1, -0.05) is 18.6 Å². The molecule has 0 amide bonds. The highest BCUT2D eigenvalue weighted by Crippen LogP contribution is 2.48. The third kappa shape index (κ3) is 4.81. The second kappa shape index (κ2) is 10.5. The number of aromatic hydroxyl groups is 5. The second-order valence-corrected chi connectivity index (χ2v) is 8.48. The molecule has 184 valence electrons. The van der Waals surface area contributed by atoms with Crippen LogP contribution in [0.25, 0.3) is 0 Å². The standard InChI is InChI=1S/C26H32O8/c1-7-8-18(28)20-23(31)15(10-9-12(2)3)22(30)16(24(20)32)11-17-25(33)19(14(5)27)21(29)13(4)26(17)34-6/h9,29-33H,7-8,10-11H2,1-6H3. The molecule has 0 unspecified atom stereocenters. The quantitative estimate of drug-likeness (QED) is 0.258. The van der Waals surface area contributed by atoms with Gasteiger partial charge in [-0.15, -0.1) is 0 Å². The Morgan fingerprint density at radius 2 is 1.38 bits per heavy atom. The predicted molar refractivity (Wildman–Crippen MR) is 128 cm³/mol. The minimum absolute atomic E-state index is 0.0290. The SMILES string of the molecule is CCCC(=O)c1c(O)c(CC=C(C)C)c(O)c(Cc2c(O)c(C(C)=O)c(O)c(C)c2OC)c1O. The monoisotopic (exact) mass is 472 g/mol. The minimum atomic E-state index is -0.619. The predicted octanol–water partition coefficient (Wildman–Crippen LogP) is 4.82. The topological polar surface area (TPSA) is 145 Å². The summed E-state index contributed by atoms with van der Waals surface area (Å²) in [7, 11) is 1.31. The van der Waals surface area contributed by atoms with E-state index in [1.807, 2.05) is 13.8 Å². The summed E-state index contributed by atoms with van der Waals surface area (Å²) < 4.78 is 5.35. The number of Topliss-reactive ketones (excluding diaryl/α,β-unsaturated/α-hetero) is 2. The summed E-state index contributed by atoms with van der Waals surface area (Å²) in [5, 5.41) is 54.0. The van der Waals surface area contributed by atoms with Crippen molar-refractivity contribution in [2.24, 2.45) is 0 Å². The van der Waals surface area contributed by atoms with Gasteiger partial charge in [-0.05, 0) is 40.5 Å². The van der Waals surface area contributed by atoms with E-state index in [-0.39, 0.29) is 58.4 Å². The lowest BCUT2D eigenvalue weighted by Gasteiger charge is -2.21. The summed E-state index contributed by atoms with van der Waals surface area (Å²) in [6.45, 7) is 8.13. The van der Waals surface area contributed by atoms with Gasteiger partial charge in [-0.2, -0.15) is 0 Å². The van der Waals surface area contributed by atoms with Crippen molar-refractivity contribution in [2.75, 3.05) is 7.11 Å². The summed E-state index contributed by atoms with van der Waals surface area (Å²) in [6, 6.07) is 0. The molecule has 8 heteroatoms. The smallest absolute Gasteiger partial charge is 0.170 e. The fraction of sp³-hybridized carbons (Fsp3) is 0.385. The van der Waals surface area contributed by atoms with Crippen LogP contribution in [0.1, 0.15) is 83.5 Å². The Balaban J connectivity index is 2.91. The Kier molecular flexibility index (Phi) is 8.21. The number of benzene rings is 2. The number of ketones is 2. The third-order valence-corrected chi connectivity index (χ3v) is 5.73. The van der Waals surface area contributed by atoms with Crippen molar-refractivity contribution in [3.8, 4) is 34.5 Å². The molecule has 0 aliphatic carbocycles.